The van der Waals surface area contributed by atoms with Gasteiger partial charge in [0.25, 0.3) is 0 Å². The van der Waals surface area contributed by atoms with Gasteiger partial charge in [-0.05, 0) is 19.1 Å². The summed E-state index contributed by atoms with van der Waals surface area (Å²) in [4.78, 5) is -0.183. The van der Waals surface area contributed by atoms with E-state index in [9.17, 15) is 8.42 Å². The standard InChI is InChI=1S/C8H8N2O4S/c1-5-2-3-6(13-5)8-7(4-10-14-8)15(9,11)12/h2-4H,1H3,(H2,9,11,12). The monoisotopic (exact) mass is 228 g/mol. The average Bonchev–Trinajstić information content (AvgIpc) is 2.68. The molecule has 0 unspecified atom stereocenters. The first-order valence-electron chi connectivity index (χ1n) is 4.03. The summed E-state index contributed by atoms with van der Waals surface area (Å²) in [5, 5.41) is 8.36. The highest BCUT2D eigenvalue weighted by atomic mass is 32.2. The van der Waals surface area contributed by atoms with Gasteiger partial charge >= 0.3 is 0 Å². The van der Waals surface area contributed by atoms with E-state index in [0.29, 0.717) is 5.76 Å². The Morgan fingerprint density at radius 1 is 1.40 bits per heavy atom. The highest BCUT2D eigenvalue weighted by Crippen LogP contribution is 2.27. The Kier molecular flexibility index (Phi) is 2.13. The van der Waals surface area contributed by atoms with Crippen molar-refractivity contribution in [1.82, 2.24) is 5.16 Å². The third-order valence-electron chi connectivity index (χ3n) is 1.81. The Labute approximate surface area is 85.7 Å². The molecule has 2 rings (SSSR count). The van der Waals surface area contributed by atoms with Gasteiger partial charge in [0.15, 0.2) is 10.7 Å². The molecule has 2 N–H and O–H groups in total. The maximum atomic E-state index is 11.1. The molecule has 0 spiro atoms. The molecular weight excluding hydrogens is 220 g/mol. The molecule has 6 nitrogen and oxygen atoms in total. The number of aromatic nitrogens is 1. The molecule has 0 saturated heterocycles. The summed E-state index contributed by atoms with van der Waals surface area (Å²) in [5.41, 5.74) is 0. The lowest BCUT2D eigenvalue weighted by atomic mass is 10.3. The number of rotatable bonds is 2. The van der Waals surface area contributed by atoms with Gasteiger partial charge in [0.2, 0.25) is 15.8 Å². The number of sulfonamides is 1. The van der Waals surface area contributed by atoms with Crippen LogP contribution >= 0.6 is 0 Å². The van der Waals surface area contributed by atoms with Gasteiger partial charge in [0, 0.05) is 0 Å². The first-order chi connectivity index (χ1) is 6.98. The van der Waals surface area contributed by atoms with Crippen LogP contribution in [0.1, 0.15) is 5.76 Å². The molecule has 0 atom stereocenters. The van der Waals surface area contributed by atoms with E-state index in [4.69, 9.17) is 14.1 Å². The number of furan rings is 1. The Morgan fingerprint density at radius 2 is 2.13 bits per heavy atom. The van der Waals surface area contributed by atoms with E-state index in [1.807, 2.05) is 0 Å². The summed E-state index contributed by atoms with van der Waals surface area (Å²) < 4.78 is 32.3. The molecule has 0 fully saturated rings. The number of hydrogen-bond donors (Lipinski definition) is 1. The van der Waals surface area contributed by atoms with Gasteiger partial charge in [0.1, 0.15) is 5.76 Å². The van der Waals surface area contributed by atoms with Gasteiger partial charge in [-0.2, -0.15) is 0 Å². The van der Waals surface area contributed by atoms with E-state index in [2.05, 4.69) is 5.16 Å². The van der Waals surface area contributed by atoms with E-state index in [-0.39, 0.29) is 16.4 Å². The molecule has 0 aliphatic rings. The van der Waals surface area contributed by atoms with Crippen LogP contribution in [0.3, 0.4) is 0 Å². The van der Waals surface area contributed by atoms with Crippen molar-refractivity contribution in [2.45, 2.75) is 11.8 Å². The molecule has 2 aromatic heterocycles. The van der Waals surface area contributed by atoms with Gasteiger partial charge in [-0.1, -0.05) is 5.16 Å². The molecule has 15 heavy (non-hydrogen) atoms. The number of hydrogen-bond acceptors (Lipinski definition) is 5. The normalized spacial score (nSPS) is 11.9. The second-order valence-corrected chi connectivity index (χ2v) is 4.50. The van der Waals surface area contributed by atoms with E-state index in [1.54, 1.807) is 19.1 Å². The van der Waals surface area contributed by atoms with Crippen molar-refractivity contribution in [2.24, 2.45) is 5.14 Å². The molecule has 2 aromatic rings. The fourth-order valence-corrected chi connectivity index (χ4v) is 1.74. The lowest BCUT2D eigenvalue weighted by Crippen LogP contribution is -2.12. The topological polar surface area (TPSA) is 99.3 Å². The predicted octanol–water partition coefficient (Wildman–Crippen LogP) is 0.890. The Hall–Kier alpha value is -1.60. The molecule has 2 heterocycles. The van der Waals surface area contributed by atoms with Crippen molar-refractivity contribution < 1.29 is 17.4 Å². The third kappa shape index (κ3) is 1.79. The highest BCUT2D eigenvalue weighted by molar-refractivity contribution is 7.89. The van der Waals surface area contributed by atoms with Gasteiger partial charge in [-0.3, -0.25) is 0 Å². The number of nitrogens with zero attached hydrogens (tertiary/aromatic N) is 1. The summed E-state index contributed by atoms with van der Waals surface area (Å²) >= 11 is 0. The van der Waals surface area contributed by atoms with Crippen LogP contribution in [0.5, 0.6) is 0 Å². The highest BCUT2D eigenvalue weighted by Gasteiger charge is 2.22. The van der Waals surface area contributed by atoms with Crippen molar-refractivity contribution in [2.75, 3.05) is 0 Å². The second-order valence-electron chi connectivity index (χ2n) is 2.97. The Bertz CT molecular complexity index is 581. The molecule has 7 heteroatoms. The predicted molar refractivity (Wildman–Crippen MR) is 50.3 cm³/mol. The zero-order valence-electron chi connectivity index (χ0n) is 7.80. The maximum Gasteiger partial charge on any atom is 0.243 e. The van der Waals surface area contributed by atoms with Crippen LogP contribution in [0, 0.1) is 6.92 Å². The van der Waals surface area contributed by atoms with Gasteiger partial charge < -0.3 is 8.94 Å². The smallest absolute Gasteiger partial charge is 0.243 e. The SMILES string of the molecule is Cc1ccc(-c2oncc2S(N)(=O)=O)o1. The van der Waals surface area contributed by atoms with Crippen molar-refractivity contribution in [3.63, 3.8) is 0 Å². The van der Waals surface area contributed by atoms with Crippen LogP contribution in [0.25, 0.3) is 11.5 Å². The molecule has 0 aromatic carbocycles. The summed E-state index contributed by atoms with van der Waals surface area (Å²) in [6, 6.07) is 3.27. The Morgan fingerprint density at radius 3 is 2.67 bits per heavy atom. The van der Waals surface area contributed by atoms with E-state index >= 15 is 0 Å². The first-order valence-corrected chi connectivity index (χ1v) is 5.57. The molecule has 80 valence electrons. The quantitative estimate of drug-likeness (QED) is 0.822. The van der Waals surface area contributed by atoms with Crippen molar-refractivity contribution in [3.05, 3.63) is 24.1 Å². The van der Waals surface area contributed by atoms with Crippen molar-refractivity contribution in [1.29, 1.82) is 0 Å². The fraction of sp³-hybridized carbons (Fsp3) is 0.125. The largest absolute Gasteiger partial charge is 0.458 e. The van der Waals surface area contributed by atoms with E-state index in [0.717, 1.165) is 6.20 Å². The molecule has 0 bridgehead atoms. The fourth-order valence-electron chi connectivity index (χ4n) is 1.16. The minimum atomic E-state index is -3.85. The third-order valence-corrected chi connectivity index (χ3v) is 2.71. The van der Waals surface area contributed by atoms with E-state index in [1.165, 1.54) is 0 Å². The van der Waals surface area contributed by atoms with Crippen molar-refractivity contribution in [3.8, 4) is 11.5 Å². The molecule has 0 aliphatic carbocycles. The van der Waals surface area contributed by atoms with Crippen LogP contribution in [-0.4, -0.2) is 13.6 Å². The second kappa shape index (κ2) is 3.21. The average molecular weight is 228 g/mol. The maximum absolute atomic E-state index is 11.1. The minimum absolute atomic E-state index is 0.0191. The number of primary sulfonamides is 1. The number of aryl methyl sites for hydroxylation is 1. The molecule has 0 saturated carbocycles. The van der Waals surface area contributed by atoms with Crippen LogP contribution in [-0.2, 0) is 10.0 Å². The summed E-state index contributed by atoms with van der Waals surface area (Å²) in [5.74, 6) is 0.946. The van der Waals surface area contributed by atoms with Crippen LogP contribution in [0.15, 0.2) is 32.2 Å². The van der Waals surface area contributed by atoms with Crippen LogP contribution < -0.4 is 5.14 Å². The number of nitrogens with two attached hydrogens (primary N) is 1. The summed E-state index contributed by atoms with van der Waals surface area (Å²) in [6.07, 6.45) is 1.04. The lowest BCUT2D eigenvalue weighted by molar-refractivity contribution is 0.413. The first kappa shape index (κ1) is 9.94. The van der Waals surface area contributed by atoms with Crippen molar-refractivity contribution >= 4 is 10.0 Å². The Balaban J connectivity index is 2.60. The molecule has 0 radical (unpaired) electrons. The lowest BCUT2D eigenvalue weighted by Gasteiger charge is -1.94. The molecular formula is C8H8N2O4S. The van der Waals surface area contributed by atoms with Crippen LogP contribution in [0.4, 0.5) is 0 Å². The van der Waals surface area contributed by atoms with Gasteiger partial charge in [-0.25, -0.2) is 13.6 Å². The zero-order valence-corrected chi connectivity index (χ0v) is 8.61. The van der Waals surface area contributed by atoms with Gasteiger partial charge in [0.05, 0.1) is 6.20 Å². The van der Waals surface area contributed by atoms with Gasteiger partial charge in [-0.15, -0.1) is 0 Å². The summed E-state index contributed by atoms with van der Waals surface area (Å²) in [7, 11) is -3.85. The minimum Gasteiger partial charge on any atom is -0.458 e. The van der Waals surface area contributed by atoms with E-state index < -0.39 is 10.0 Å². The summed E-state index contributed by atoms with van der Waals surface area (Å²) in [6.45, 7) is 1.73. The van der Waals surface area contributed by atoms with Crippen LogP contribution in [0.2, 0.25) is 0 Å². The molecule has 0 aliphatic heterocycles. The molecule has 0 amide bonds. The zero-order chi connectivity index (χ0) is 11.1.